The molecule has 2 aliphatic heterocycles. The molecule has 0 aliphatic carbocycles. The van der Waals surface area contributed by atoms with Gasteiger partial charge in [-0.05, 0) is 0 Å². The molecule has 4 nitrogen and oxygen atoms in total. The molecular weight excluding hydrogens is 148 g/mol. The third-order valence-electron chi connectivity index (χ3n) is 1.31. The summed E-state index contributed by atoms with van der Waals surface area (Å²) < 4.78 is 0. The third-order valence-corrected chi connectivity index (χ3v) is 1.64. The lowest BCUT2D eigenvalue weighted by Crippen LogP contribution is -2.39. The normalized spacial score (nSPS) is 27.8. The molecule has 10 heavy (non-hydrogen) atoms. The predicted octanol–water partition coefficient (Wildman–Crippen LogP) is -0.246. The fourth-order valence-corrected chi connectivity index (χ4v) is 1.06. The van der Waals surface area contributed by atoms with Crippen LogP contribution in [0.25, 0.3) is 0 Å². The Kier molecular flexibility index (Phi) is 1.10. The highest BCUT2D eigenvalue weighted by molar-refractivity contribution is 7.80. The van der Waals surface area contributed by atoms with Gasteiger partial charge < -0.3 is 5.32 Å². The summed E-state index contributed by atoms with van der Waals surface area (Å²) >= 11 is 4.91. The van der Waals surface area contributed by atoms with Crippen LogP contribution in [0.15, 0.2) is 15.0 Å². The van der Waals surface area contributed by atoms with Gasteiger partial charge in [-0.15, -0.1) is 0 Å². The van der Waals surface area contributed by atoms with Gasteiger partial charge in [0.25, 0.3) is 0 Å². The Morgan fingerprint density at radius 1 is 1.60 bits per heavy atom. The van der Waals surface area contributed by atoms with Crippen molar-refractivity contribution in [2.24, 2.45) is 15.0 Å². The monoisotopic (exact) mass is 152 g/mol. The summed E-state index contributed by atoms with van der Waals surface area (Å²) in [6.07, 6.45) is 3.03. The van der Waals surface area contributed by atoms with Crippen LogP contribution in [0.1, 0.15) is 0 Å². The minimum atomic E-state index is -0.125. The van der Waals surface area contributed by atoms with Gasteiger partial charge >= 0.3 is 0 Å². The molecule has 0 amide bonds. The largest absolute Gasteiger partial charge is 0.332 e. The average molecular weight is 152 g/mol. The first-order valence-corrected chi connectivity index (χ1v) is 3.21. The number of hydrogen-bond donors (Lipinski definition) is 1. The Morgan fingerprint density at radius 2 is 2.50 bits per heavy atom. The van der Waals surface area contributed by atoms with Crippen molar-refractivity contribution in [2.75, 3.05) is 0 Å². The predicted molar refractivity (Wildman–Crippen MR) is 43.9 cm³/mol. The highest BCUT2D eigenvalue weighted by atomic mass is 32.1. The number of fused-ring (bicyclic) bond motifs is 1. The van der Waals surface area contributed by atoms with Crippen LogP contribution in [-0.2, 0) is 0 Å². The van der Waals surface area contributed by atoms with Crippen LogP contribution in [0.5, 0.6) is 0 Å². The topological polar surface area (TPSA) is 49.1 Å². The fraction of sp³-hybridized carbons (Fsp3) is 0.200. The van der Waals surface area contributed by atoms with Gasteiger partial charge in [-0.3, -0.25) is 4.99 Å². The summed E-state index contributed by atoms with van der Waals surface area (Å²) in [5.41, 5.74) is 0. The van der Waals surface area contributed by atoms with Crippen molar-refractivity contribution in [3.05, 3.63) is 0 Å². The first kappa shape index (κ1) is 5.67. The van der Waals surface area contributed by atoms with Gasteiger partial charge in [0.1, 0.15) is 17.2 Å². The number of thiocarbonyl (C=S) groups is 1. The highest BCUT2D eigenvalue weighted by Gasteiger charge is 2.24. The Hall–Kier alpha value is -1.10. The van der Waals surface area contributed by atoms with Crippen molar-refractivity contribution < 1.29 is 0 Å². The molecular formula is C5H4N4S. The van der Waals surface area contributed by atoms with E-state index in [0.29, 0.717) is 4.99 Å². The quantitative estimate of drug-likeness (QED) is 0.487. The lowest BCUT2D eigenvalue weighted by atomic mass is 10.3. The van der Waals surface area contributed by atoms with Crippen molar-refractivity contribution >= 4 is 35.7 Å². The van der Waals surface area contributed by atoms with E-state index in [2.05, 4.69) is 20.3 Å². The van der Waals surface area contributed by atoms with Crippen LogP contribution < -0.4 is 5.32 Å². The highest BCUT2D eigenvalue weighted by Crippen LogP contribution is 2.05. The first-order chi connectivity index (χ1) is 4.88. The Bertz CT molecular complexity index is 265. The molecule has 2 aliphatic rings. The zero-order chi connectivity index (χ0) is 6.97. The van der Waals surface area contributed by atoms with E-state index < -0.39 is 0 Å². The van der Waals surface area contributed by atoms with E-state index in [9.17, 15) is 0 Å². The average Bonchev–Trinajstić information content (AvgIpc) is 2.36. The number of aliphatic imine (C=N–C) groups is 3. The molecule has 0 saturated heterocycles. The lowest BCUT2D eigenvalue weighted by Gasteiger charge is -2.12. The molecule has 2 heterocycles. The summed E-state index contributed by atoms with van der Waals surface area (Å²) in [4.78, 5) is 12.4. The molecule has 1 N–H and O–H groups in total. The summed E-state index contributed by atoms with van der Waals surface area (Å²) in [5.74, 6) is 0.778. The van der Waals surface area contributed by atoms with Gasteiger partial charge in [0.05, 0.1) is 6.34 Å². The second kappa shape index (κ2) is 1.95. The van der Waals surface area contributed by atoms with E-state index in [1.165, 1.54) is 12.7 Å². The van der Waals surface area contributed by atoms with Crippen LogP contribution in [0, 0.1) is 0 Å². The number of hydrogen-bond acceptors (Lipinski definition) is 4. The molecule has 1 unspecified atom stereocenters. The van der Waals surface area contributed by atoms with E-state index in [-0.39, 0.29) is 6.04 Å². The molecule has 0 aromatic carbocycles. The minimum Gasteiger partial charge on any atom is -0.332 e. The number of nitrogens with zero attached hydrogens (tertiary/aromatic N) is 3. The maximum atomic E-state index is 4.91. The Morgan fingerprint density at radius 3 is 3.30 bits per heavy atom. The SMILES string of the molecule is S=C1N=CNC2=NC=NC12. The van der Waals surface area contributed by atoms with Crippen LogP contribution in [-0.4, -0.2) is 29.5 Å². The second-order valence-corrected chi connectivity index (χ2v) is 2.34. The van der Waals surface area contributed by atoms with Gasteiger partial charge in [-0.1, -0.05) is 12.2 Å². The van der Waals surface area contributed by atoms with E-state index in [4.69, 9.17) is 12.2 Å². The standard InChI is InChI=1S/C5H4N4S/c10-5-3-4(7-1-6-3)8-2-9-5/h1-3H,(H,6,7,8,9,10). The van der Waals surface area contributed by atoms with Gasteiger partial charge in [-0.2, -0.15) is 0 Å². The van der Waals surface area contributed by atoms with Crippen LogP contribution in [0.3, 0.4) is 0 Å². The smallest absolute Gasteiger partial charge is 0.162 e. The molecule has 0 aromatic rings. The number of rotatable bonds is 0. The maximum absolute atomic E-state index is 4.91. The molecule has 5 heteroatoms. The molecule has 0 radical (unpaired) electrons. The van der Waals surface area contributed by atoms with Crippen LogP contribution in [0.4, 0.5) is 0 Å². The lowest BCUT2D eigenvalue weighted by molar-refractivity contribution is 1.10. The third kappa shape index (κ3) is 0.672. The van der Waals surface area contributed by atoms with Crippen LogP contribution in [0.2, 0.25) is 0 Å². The molecule has 0 saturated carbocycles. The van der Waals surface area contributed by atoms with Crippen LogP contribution >= 0.6 is 12.2 Å². The van der Waals surface area contributed by atoms with Crippen molar-refractivity contribution in [3.63, 3.8) is 0 Å². The summed E-state index contributed by atoms with van der Waals surface area (Å²) in [7, 11) is 0. The molecule has 2 rings (SSSR count). The molecule has 0 fully saturated rings. The Labute approximate surface area is 62.8 Å². The number of amidine groups is 1. The fourth-order valence-electron chi connectivity index (χ4n) is 0.833. The molecule has 0 bridgehead atoms. The van der Waals surface area contributed by atoms with Gasteiger partial charge in [0.2, 0.25) is 0 Å². The van der Waals surface area contributed by atoms with Crippen molar-refractivity contribution in [1.82, 2.24) is 5.32 Å². The summed E-state index contributed by atoms with van der Waals surface area (Å²) in [6.45, 7) is 0. The molecule has 0 spiro atoms. The van der Waals surface area contributed by atoms with E-state index in [1.807, 2.05) is 0 Å². The Balaban J connectivity index is 2.39. The van der Waals surface area contributed by atoms with Crippen molar-refractivity contribution in [2.45, 2.75) is 6.04 Å². The van der Waals surface area contributed by atoms with Crippen molar-refractivity contribution in [1.29, 1.82) is 0 Å². The zero-order valence-corrected chi connectivity index (χ0v) is 5.80. The first-order valence-electron chi connectivity index (χ1n) is 2.80. The molecule has 0 aromatic heterocycles. The van der Waals surface area contributed by atoms with E-state index in [1.54, 1.807) is 0 Å². The van der Waals surface area contributed by atoms with Crippen molar-refractivity contribution in [3.8, 4) is 0 Å². The maximum Gasteiger partial charge on any atom is 0.162 e. The van der Waals surface area contributed by atoms with Gasteiger partial charge in [0, 0.05) is 0 Å². The van der Waals surface area contributed by atoms with Gasteiger partial charge in [0.15, 0.2) is 6.04 Å². The molecule has 1 atom stereocenters. The molecule has 50 valence electrons. The second-order valence-electron chi connectivity index (χ2n) is 1.92. The number of nitrogens with one attached hydrogen (secondary N) is 1. The zero-order valence-electron chi connectivity index (χ0n) is 4.98. The summed E-state index contributed by atoms with van der Waals surface area (Å²) in [5, 5.41) is 2.86. The van der Waals surface area contributed by atoms with E-state index >= 15 is 0 Å². The van der Waals surface area contributed by atoms with E-state index in [0.717, 1.165) is 5.84 Å². The minimum absolute atomic E-state index is 0.125. The van der Waals surface area contributed by atoms with Gasteiger partial charge in [-0.25, -0.2) is 9.98 Å². The summed E-state index contributed by atoms with van der Waals surface area (Å²) in [6, 6.07) is -0.125.